The quantitative estimate of drug-likeness (QED) is 0.554. The lowest BCUT2D eigenvalue weighted by atomic mass is 10.1. The van der Waals surface area contributed by atoms with Gasteiger partial charge in [-0.15, -0.1) is 11.3 Å². The third-order valence-corrected chi connectivity index (χ3v) is 6.89. The lowest BCUT2D eigenvalue weighted by Crippen LogP contribution is -2.27. The number of nitrogens with zero attached hydrogens (tertiary/aromatic N) is 2. The number of aromatic nitrogens is 2. The van der Waals surface area contributed by atoms with Gasteiger partial charge >= 0.3 is 0 Å². The number of H-pyrrole nitrogens is 1. The maximum atomic E-state index is 12.6. The van der Waals surface area contributed by atoms with Crippen LogP contribution in [0.5, 0.6) is 0 Å². The second-order valence-corrected chi connectivity index (χ2v) is 9.11. The molecule has 0 radical (unpaired) electrons. The van der Waals surface area contributed by atoms with Crippen LogP contribution in [0.15, 0.2) is 41.9 Å². The number of carbonyl (C=O) groups is 2. The van der Waals surface area contributed by atoms with Gasteiger partial charge in [0, 0.05) is 53.4 Å². The van der Waals surface area contributed by atoms with Gasteiger partial charge in [-0.3, -0.25) is 4.79 Å². The molecule has 1 saturated heterocycles. The van der Waals surface area contributed by atoms with Crippen molar-refractivity contribution in [3.63, 3.8) is 0 Å². The van der Waals surface area contributed by atoms with E-state index in [1.807, 2.05) is 40.7 Å². The van der Waals surface area contributed by atoms with E-state index in [1.165, 1.54) is 0 Å². The van der Waals surface area contributed by atoms with Crippen LogP contribution in [0, 0.1) is 5.41 Å². The summed E-state index contributed by atoms with van der Waals surface area (Å²) in [6, 6.07) is 10.0. The molecule has 1 amide bonds. The molecule has 6 nitrogen and oxygen atoms in total. The lowest BCUT2D eigenvalue weighted by molar-refractivity contribution is -0.111. The average Bonchev–Trinajstić information content (AvgIpc) is 3.26. The molecule has 2 fully saturated rings. The molecule has 7 heteroatoms. The van der Waals surface area contributed by atoms with Gasteiger partial charge in [0.25, 0.3) is 5.91 Å². The van der Waals surface area contributed by atoms with Gasteiger partial charge in [0.1, 0.15) is 17.0 Å². The molecule has 2 aliphatic rings. The van der Waals surface area contributed by atoms with Crippen LogP contribution in [-0.4, -0.2) is 46.7 Å². The summed E-state index contributed by atoms with van der Waals surface area (Å²) in [6.45, 7) is 2.36. The van der Waals surface area contributed by atoms with Crippen molar-refractivity contribution in [2.45, 2.75) is 25.7 Å². The zero-order valence-electron chi connectivity index (χ0n) is 16.7. The molecule has 0 unspecified atom stereocenters. The first-order valence-electron chi connectivity index (χ1n) is 10.4. The van der Waals surface area contributed by atoms with Crippen LogP contribution in [0.4, 0.5) is 5.69 Å². The second-order valence-electron chi connectivity index (χ2n) is 8.25. The number of rotatable bonds is 7. The number of hydrogen-bond acceptors (Lipinski definition) is 5. The highest BCUT2D eigenvalue weighted by Gasteiger charge is 2.42. The first-order valence-corrected chi connectivity index (χ1v) is 11.3. The van der Waals surface area contributed by atoms with Crippen LogP contribution < -0.4 is 5.32 Å². The predicted molar refractivity (Wildman–Crippen MR) is 119 cm³/mol. The van der Waals surface area contributed by atoms with Gasteiger partial charge in [0.05, 0.1) is 5.69 Å². The van der Waals surface area contributed by atoms with Gasteiger partial charge in [-0.2, -0.15) is 0 Å². The second kappa shape index (κ2) is 7.72. The fourth-order valence-corrected chi connectivity index (χ4v) is 4.66. The molecule has 1 saturated carbocycles. The fourth-order valence-electron chi connectivity index (χ4n) is 3.83. The standard InChI is InChI=1S/C23H24N4O2S/c28-15-23(6-7-23)14-25-18-5-3-4-16(10-18)21-26-20(13-30-21)17-11-19(24-12-17)22(29)27-8-1-2-9-27/h3-5,10-13,15,24-25H,1-2,6-9,14H2. The Balaban J connectivity index is 1.30. The first kappa shape index (κ1) is 19.1. The van der Waals surface area contributed by atoms with Gasteiger partial charge < -0.3 is 20.0 Å². The molecule has 5 rings (SSSR count). The van der Waals surface area contributed by atoms with Gasteiger partial charge in [0.15, 0.2) is 0 Å². The van der Waals surface area contributed by atoms with Crippen LogP contribution in [0.1, 0.15) is 36.2 Å². The van der Waals surface area contributed by atoms with Crippen LogP contribution >= 0.6 is 11.3 Å². The smallest absolute Gasteiger partial charge is 0.270 e. The molecule has 3 aromatic rings. The van der Waals surface area contributed by atoms with E-state index >= 15 is 0 Å². The van der Waals surface area contributed by atoms with Gasteiger partial charge in [-0.05, 0) is 43.9 Å². The number of likely N-dealkylation sites (tertiary alicyclic amines) is 1. The summed E-state index contributed by atoms with van der Waals surface area (Å²) in [6.07, 6.45) is 7.04. The monoisotopic (exact) mass is 420 g/mol. The third-order valence-electron chi connectivity index (χ3n) is 6.00. The molecule has 3 heterocycles. The van der Waals surface area contributed by atoms with E-state index in [2.05, 4.69) is 16.4 Å². The number of nitrogens with one attached hydrogen (secondary N) is 2. The molecule has 1 aliphatic carbocycles. The van der Waals surface area contributed by atoms with Crippen LogP contribution in [0.25, 0.3) is 21.8 Å². The highest BCUT2D eigenvalue weighted by atomic mass is 32.1. The van der Waals surface area contributed by atoms with E-state index in [0.29, 0.717) is 12.2 Å². The summed E-state index contributed by atoms with van der Waals surface area (Å²) >= 11 is 1.59. The van der Waals surface area contributed by atoms with E-state index in [1.54, 1.807) is 11.3 Å². The normalized spacial score (nSPS) is 17.1. The van der Waals surface area contributed by atoms with Crippen molar-refractivity contribution in [2.75, 3.05) is 25.0 Å². The van der Waals surface area contributed by atoms with Gasteiger partial charge in [0.2, 0.25) is 0 Å². The Kier molecular flexibility index (Phi) is 4.90. The molecule has 1 aliphatic heterocycles. The minimum absolute atomic E-state index is 0.0664. The number of thiazole rings is 1. The van der Waals surface area contributed by atoms with Crippen molar-refractivity contribution in [1.82, 2.24) is 14.9 Å². The number of anilines is 1. The summed E-state index contributed by atoms with van der Waals surface area (Å²) in [7, 11) is 0. The summed E-state index contributed by atoms with van der Waals surface area (Å²) in [5.74, 6) is 0.0664. The topological polar surface area (TPSA) is 78.1 Å². The summed E-state index contributed by atoms with van der Waals surface area (Å²) in [4.78, 5) is 33.5. The van der Waals surface area contributed by atoms with E-state index in [0.717, 1.165) is 72.6 Å². The molecular weight excluding hydrogens is 396 g/mol. The van der Waals surface area contributed by atoms with Crippen molar-refractivity contribution >= 4 is 29.2 Å². The number of aldehydes is 1. The van der Waals surface area contributed by atoms with E-state index in [4.69, 9.17) is 4.98 Å². The minimum Gasteiger partial charge on any atom is -0.384 e. The molecule has 2 aromatic heterocycles. The Morgan fingerprint density at radius 3 is 2.83 bits per heavy atom. The summed E-state index contributed by atoms with van der Waals surface area (Å²) in [5, 5.41) is 6.34. The minimum atomic E-state index is -0.164. The molecule has 154 valence electrons. The van der Waals surface area contributed by atoms with Crippen LogP contribution in [0.3, 0.4) is 0 Å². The lowest BCUT2D eigenvalue weighted by Gasteiger charge is -2.13. The van der Waals surface area contributed by atoms with Crippen molar-refractivity contribution in [2.24, 2.45) is 5.41 Å². The summed E-state index contributed by atoms with van der Waals surface area (Å²) < 4.78 is 0. The molecule has 0 spiro atoms. The SMILES string of the molecule is O=CC1(CNc2cccc(-c3nc(-c4c[nH]c(C(=O)N5CCCC5)c4)cs3)c2)CC1. The Bertz CT molecular complexity index is 1080. The summed E-state index contributed by atoms with van der Waals surface area (Å²) in [5.41, 5.74) is 4.28. The largest absolute Gasteiger partial charge is 0.384 e. The Morgan fingerprint density at radius 1 is 1.23 bits per heavy atom. The van der Waals surface area contributed by atoms with Crippen LogP contribution in [0.2, 0.25) is 0 Å². The van der Waals surface area contributed by atoms with Gasteiger partial charge in [-0.25, -0.2) is 4.98 Å². The highest BCUT2D eigenvalue weighted by Crippen LogP contribution is 2.43. The molecule has 1 aromatic carbocycles. The van der Waals surface area contributed by atoms with E-state index < -0.39 is 0 Å². The highest BCUT2D eigenvalue weighted by molar-refractivity contribution is 7.13. The maximum Gasteiger partial charge on any atom is 0.270 e. The number of amides is 1. The number of hydrogen-bond donors (Lipinski definition) is 2. The van der Waals surface area contributed by atoms with Gasteiger partial charge in [-0.1, -0.05) is 12.1 Å². The van der Waals surface area contributed by atoms with Crippen molar-refractivity contribution in [3.8, 4) is 21.8 Å². The Labute approximate surface area is 179 Å². The number of carbonyl (C=O) groups excluding carboxylic acids is 2. The number of aromatic amines is 1. The molecule has 30 heavy (non-hydrogen) atoms. The molecule has 0 bridgehead atoms. The Hall–Kier alpha value is -2.93. The Morgan fingerprint density at radius 2 is 2.07 bits per heavy atom. The number of benzene rings is 1. The zero-order chi connectivity index (χ0) is 20.6. The molecular formula is C23H24N4O2S. The first-order chi connectivity index (χ1) is 14.7. The zero-order valence-corrected chi connectivity index (χ0v) is 17.5. The predicted octanol–water partition coefficient (Wildman–Crippen LogP) is 4.43. The third kappa shape index (κ3) is 3.77. The molecule has 0 atom stereocenters. The average molecular weight is 421 g/mol. The van der Waals surface area contributed by atoms with Crippen molar-refractivity contribution in [3.05, 3.63) is 47.6 Å². The van der Waals surface area contributed by atoms with Crippen molar-refractivity contribution in [1.29, 1.82) is 0 Å². The van der Waals surface area contributed by atoms with Crippen molar-refractivity contribution < 1.29 is 9.59 Å². The fraction of sp³-hybridized carbons (Fsp3) is 0.348. The van der Waals surface area contributed by atoms with E-state index in [-0.39, 0.29) is 11.3 Å². The maximum absolute atomic E-state index is 12.6. The van der Waals surface area contributed by atoms with Crippen LogP contribution in [-0.2, 0) is 4.79 Å². The molecule has 2 N–H and O–H groups in total. The van der Waals surface area contributed by atoms with E-state index in [9.17, 15) is 9.59 Å².